The lowest BCUT2D eigenvalue weighted by Gasteiger charge is -2.10. The maximum absolute atomic E-state index is 12.7. The summed E-state index contributed by atoms with van der Waals surface area (Å²) in [7, 11) is 1.63. The largest absolute Gasteiger partial charge is 0.497 e. The summed E-state index contributed by atoms with van der Waals surface area (Å²) in [5.74, 6) is 0.919. The molecule has 2 aromatic carbocycles. The van der Waals surface area contributed by atoms with Gasteiger partial charge in [0.15, 0.2) is 17.8 Å². The number of hydrogen-bond acceptors (Lipinski definition) is 6. The molecule has 1 saturated heterocycles. The quantitative estimate of drug-likeness (QED) is 0.549. The minimum Gasteiger partial charge on any atom is -0.497 e. The van der Waals surface area contributed by atoms with E-state index in [0.717, 1.165) is 28.4 Å². The number of amides is 1. The minimum atomic E-state index is -0.351. The molecule has 1 N–H and O–H groups in total. The summed E-state index contributed by atoms with van der Waals surface area (Å²) in [5, 5.41) is 3.37. The van der Waals surface area contributed by atoms with Crippen LogP contribution >= 0.6 is 23.4 Å². The average molecular weight is 431 g/mol. The van der Waals surface area contributed by atoms with Crippen LogP contribution in [0.4, 0.5) is 5.69 Å². The van der Waals surface area contributed by atoms with E-state index in [1.165, 1.54) is 18.2 Å². The molecule has 0 saturated carbocycles. The van der Waals surface area contributed by atoms with Crippen LogP contribution in [-0.2, 0) is 4.74 Å². The van der Waals surface area contributed by atoms with Gasteiger partial charge in [-0.3, -0.25) is 4.79 Å². The third-order valence-electron chi connectivity index (χ3n) is 4.51. The van der Waals surface area contributed by atoms with Crippen LogP contribution < -0.4 is 10.1 Å². The minimum absolute atomic E-state index is 0.217. The van der Waals surface area contributed by atoms with Crippen molar-refractivity contribution in [2.24, 2.45) is 0 Å². The number of benzene rings is 2. The lowest BCUT2D eigenvalue weighted by atomic mass is 10.1. The monoisotopic (exact) mass is 430 g/mol. The van der Waals surface area contributed by atoms with Crippen LogP contribution in [0.1, 0.15) is 35.2 Å². The fourth-order valence-corrected chi connectivity index (χ4v) is 4.18. The topological polar surface area (TPSA) is 73.6 Å². The van der Waals surface area contributed by atoms with Crippen molar-refractivity contribution in [2.75, 3.05) is 19.0 Å². The number of ether oxygens (including phenoxy) is 2. The normalized spacial score (nSPS) is 16.0. The second-order valence-corrected chi connectivity index (χ2v) is 7.97. The third kappa shape index (κ3) is 4.58. The Morgan fingerprint density at radius 3 is 2.79 bits per heavy atom. The molecule has 1 aliphatic heterocycles. The van der Waals surface area contributed by atoms with Crippen LogP contribution in [0.2, 0.25) is 5.02 Å². The predicted molar refractivity (Wildman–Crippen MR) is 111 cm³/mol. The van der Waals surface area contributed by atoms with E-state index >= 15 is 0 Å². The molecule has 1 aromatic heterocycles. The van der Waals surface area contributed by atoms with E-state index in [1.807, 2.05) is 36.4 Å². The summed E-state index contributed by atoms with van der Waals surface area (Å²) >= 11 is 7.96. The zero-order chi connectivity index (χ0) is 20.2. The van der Waals surface area contributed by atoms with Crippen LogP contribution in [0.3, 0.4) is 0 Å². The van der Waals surface area contributed by atoms with Gasteiger partial charge in [-0.25, -0.2) is 4.98 Å². The Morgan fingerprint density at radius 2 is 2.10 bits per heavy atom. The number of nitrogens with zero attached hydrogens (tertiary/aromatic N) is 1. The molecule has 0 radical (unpaired) electrons. The first-order valence-corrected chi connectivity index (χ1v) is 10.3. The Morgan fingerprint density at radius 1 is 1.28 bits per heavy atom. The van der Waals surface area contributed by atoms with Crippen molar-refractivity contribution in [1.82, 2.24) is 4.98 Å². The van der Waals surface area contributed by atoms with E-state index in [0.29, 0.717) is 23.1 Å². The molecule has 1 aliphatic rings. The maximum Gasteiger partial charge on any atom is 0.278 e. The lowest BCUT2D eigenvalue weighted by molar-refractivity contribution is 0.0889. The van der Waals surface area contributed by atoms with Crippen molar-refractivity contribution >= 4 is 35.0 Å². The number of hydrogen-bond donors (Lipinski definition) is 1. The van der Waals surface area contributed by atoms with Gasteiger partial charge in [-0.1, -0.05) is 23.4 Å². The first kappa shape index (κ1) is 19.8. The summed E-state index contributed by atoms with van der Waals surface area (Å²) in [6, 6.07) is 13.1. The third-order valence-corrected chi connectivity index (χ3v) is 6.02. The number of methoxy groups -OCH3 is 1. The maximum atomic E-state index is 12.7. The average Bonchev–Trinajstić information content (AvgIpc) is 3.42. The van der Waals surface area contributed by atoms with Gasteiger partial charge in [0.2, 0.25) is 0 Å². The van der Waals surface area contributed by atoms with Gasteiger partial charge in [0.1, 0.15) is 11.9 Å². The summed E-state index contributed by atoms with van der Waals surface area (Å²) in [4.78, 5) is 18.6. The van der Waals surface area contributed by atoms with Gasteiger partial charge in [-0.15, -0.1) is 0 Å². The number of carbonyl (C=O) groups excluding carboxylic acids is 1. The number of oxazole rings is 1. The molecule has 1 fully saturated rings. The molecule has 0 aliphatic carbocycles. The molecule has 1 unspecified atom stereocenters. The Labute approximate surface area is 177 Å². The van der Waals surface area contributed by atoms with Gasteiger partial charge in [-0.2, -0.15) is 0 Å². The van der Waals surface area contributed by atoms with Gasteiger partial charge in [0, 0.05) is 22.1 Å². The fraction of sp³-hybridized carbons (Fsp3) is 0.238. The Hall–Kier alpha value is -2.48. The molecule has 29 heavy (non-hydrogen) atoms. The number of rotatable bonds is 6. The summed E-state index contributed by atoms with van der Waals surface area (Å²) in [6.07, 6.45) is 2.81. The van der Waals surface area contributed by atoms with Gasteiger partial charge in [-0.05, 0) is 55.3 Å². The second-order valence-electron chi connectivity index (χ2n) is 6.44. The van der Waals surface area contributed by atoms with E-state index in [-0.39, 0.29) is 17.7 Å². The number of aromatic nitrogens is 1. The number of carbonyl (C=O) groups is 1. The van der Waals surface area contributed by atoms with E-state index < -0.39 is 0 Å². The molecule has 8 heteroatoms. The molecule has 6 nitrogen and oxygen atoms in total. The Kier molecular flexibility index (Phi) is 6.08. The van der Waals surface area contributed by atoms with Gasteiger partial charge < -0.3 is 19.2 Å². The summed E-state index contributed by atoms with van der Waals surface area (Å²) in [6.45, 7) is 0.662. The SMILES string of the molecule is COc1ccc(Sc2ccc(NC(=O)c3ncoc3C3CCCO3)cc2Cl)cc1. The number of halogens is 1. The van der Waals surface area contributed by atoms with Gasteiger partial charge in [0.25, 0.3) is 5.91 Å². The van der Waals surface area contributed by atoms with Crippen LogP contribution in [-0.4, -0.2) is 24.6 Å². The zero-order valence-electron chi connectivity index (χ0n) is 15.7. The molecule has 150 valence electrons. The van der Waals surface area contributed by atoms with Crippen molar-refractivity contribution in [3.8, 4) is 5.75 Å². The highest BCUT2D eigenvalue weighted by Crippen LogP contribution is 2.36. The van der Waals surface area contributed by atoms with E-state index in [1.54, 1.807) is 13.2 Å². The molecular weight excluding hydrogens is 412 g/mol. The first-order chi connectivity index (χ1) is 14.1. The summed E-state index contributed by atoms with van der Waals surface area (Å²) < 4.78 is 16.2. The van der Waals surface area contributed by atoms with E-state index in [4.69, 9.17) is 25.5 Å². The standard InChI is InChI=1S/C21H19ClN2O4S/c1-26-14-5-7-15(8-6-14)29-18-9-4-13(11-16(18)22)24-21(25)19-20(28-12-23-19)17-3-2-10-27-17/h4-9,11-12,17H,2-3,10H2,1H3,(H,24,25). The number of anilines is 1. The Bertz CT molecular complexity index is 1000. The van der Waals surface area contributed by atoms with Gasteiger partial charge >= 0.3 is 0 Å². The molecular formula is C21H19ClN2O4S. The molecule has 3 aromatic rings. The van der Waals surface area contributed by atoms with Crippen LogP contribution in [0, 0.1) is 0 Å². The van der Waals surface area contributed by atoms with Crippen molar-refractivity contribution < 1.29 is 18.7 Å². The molecule has 0 bridgehead atoms. The van der Waals surface area contributed by atoms with Crippen LogP contribution in [0.25, 0.3) is 0 Å². The molecule has 1 amide bonds. The van der Waals surface area contributed by atoms with Crippen molar-refractivity contribution in [1.29, 1.82) is 0 Å². The smallest absolute Gasteiger partial charge is 0.278 e. The number of nitrogens with one attached hydrogen (secondary N) is 1. The second kappa shape index (κ2) is 8.90. The van der Waals surface area contributed by atoms with Crippen molar-refractivity contribution in [2.45, 2.75) is 28.7 Å². The molecule has 2 heterocycles. The van der Waals surface area contributed by atoms with E-state index in [9.17, 15) is 4.79 Å². The Balaban J connectivity index is 1.45. The van der Waals surface area contributed by atoms with E-state index in [2.05, 4.69) is 10.3 Å². The molecule has 4 rings (SSSR count). The molecule has 1 atom stereocenters. The lowest BCUT2D eigenvalue weighted by Crippen LogP contribution is -2.15. The van der Waals surface area contributed by atoms with Crippen LogP contribution in [0.15, 0.2) is 63.1 Å². The fourth-order valence-electron chi connectivity index (χ4n) is 3.06. The summed E-state index contributed by atoms with van der Waals surface area (Å²) in [5.41, 5.74) is 0.824. The highest BCUT2D eigenvalue weighted by molar-refractivity contribution is 7.99. The predicted octanol–water partition coefficient (Wildman–Crippen LogP) is 5.59. The van der Waals surface area contributed by atoms with Gasteiger partial charge in [0.05, 0.1) is 12.1 Å². The van der Waals surface area contributed by atoms with Crippen molar-refractivity contribution in [3.05, 3.63) is 65.3 Å². The first-order valence-electron chi connectivity index (χ1n) is 9.12. The van der Waals surface area contributed by atoms with Crippen molar-refractivity contribution in [3.63, 3.8) is 0 Å². The van der Waals surface area contributed by atoms with Crippen LogP contribution in [0.5, 0.6) is 5.75 Å². The highest BCUT2D eigenvalue weighted by atomic mass is 35.5. The molecule has 0 spiro atoms. The highest BCUT2D eigenvalue weighted by Gasteiger charge is 2.28. The zero-order valence-corrected chi connectivity index (χ0v) is 17.3.